The maximum Gasteiger partial charge on any atom is 0.306 e. The van der Waals surface area contributed by atoms with E-state index in [-0.39, 0.29) is 12.0 Å². The molecule has 0 saturated carbocycles. The van der Waals surface area contributed by atoms with E-state index in [2.05, 4.69) is 16.9 Å². The zero-order chi connectivity index (χ0) is 12.7. The van der Waals surface area contributed by atoms with Crippen LogP contribution in [0.2, 0.25) is 0 Å². The minimum Gasteiger partial charge on any atom is -0.481 e. The summed E-state index contributed by atoms with van der Waals surface area (Å²) < 4.78 is 5.69. The van der Waals surface area contributed by atoms with E-state index in [4.69, 9.17) is 9.84 Å². The van der Waals surface area contributed by atoms with Gasteiger partial charge >= 0.3 is 5.97 Å². The summed E-state index contributed by atoms with van der Waals surface area (Å²) in [7, 11) is 0. The molecule has 0 aromatic carbocycles. The summed E-state index contributed by atoms with van der Waals surface area (Å²) in [6.45, 7) is 2.95. The van der Waals surface area contributed by atoms with Crippen LogP contribution < -0.4 is 0 Å². The first-order chi connectivity index (χ1) is 8.65. The summed E-state index contributed by atoms with van der Waals surface area (Å²) in [5.74, 6) is 0.388. The number of nitrogens with one attached hydrogen (secondary N) is 1. The highest BCUT2D eigenvalue weighted by Crippen LogP contribution is 2.34. The van der Waals surface area contributed by atoms with E-state index in [9.17, 15) is 4.79 Å². The van der Waals surface area contributed by atoms with Crippen molar-refractivity contribution in [3.63, 3.8) is 0 Å². The van der Waals surface area contributed by atoms with Crippen LogP contribution in [0.3, 0.4) is 0 Å². The Bertz CT molecular complexity index is 469. The number of imidazole rings is 1. The van der Waals surface area contributed by atoms with E-state index in [0.717, 1.165) is 36.7 Å². The largest absolute Gasteiger partial charge is 0.481 e. The second-order valence-electron chi connectivity index (χ2n) is 5.38. The van der Waals surface area contributed by atoms with Crippen LogP contribution in [0.25, 0.3) is 0 Å². The zero-order valence-electron chi connectivity index (χ0n) is 10.5. The molecule has 0 amide bonds. The van der Waals surface area contributed by atoms with Gasteiger partial charge < -0.3 is 14.8 Å². The Morgan fingerprint density at radius 1 is 1.50 bits per heavy atom. The lowest BCUT2D eigenvalue weighted by Crippen LogP contribution is -2.22. The molecule has 1 fully saturated rings. The van der Waals surface area contributed by atoms with Crippen LogP contribution >= 0.6 is 0 Å². The van der Waals surface area contributed by atoms with Crippen LogP contribution in [0.1, 0.15) is 43.1 Å². The van der Waals surface area contributed by atoms with Crippen LogP contribution in [-0.2, 0) is 22.4 Å². The Morgan fingerprint density at radius 3 is 3.00 bits per heavy atom. The van der Waals surface area contributed by atoms with Crippen LogP contribution in [-0.4, -0.2) is 27.7 Å². The third kappa shape index (κ3) is 1.92. The van der Waals surface area contributed by atoms with E-state index in [1.807, 2.05) is 0 Å². The lowest BCUT2D eigenvalue weighted by molar-refractivity contribution is -0.142. The van der Waals surface area contributed by atoms with E-state index in [1.54, 1.807) is 0 Å². The first-order valence-corrected chi connectivity index (χ1v) is 6.57. The van der Waals surface area contributed by atoms with Gasteiger partial charge in [-0.25, -0.2) is 4.98 Å². The van der Waals surface area contributed by atoms with Gasteiger partial charge in [0.05, 0.1) is 11.6 Å². The topological polar surface area (TPSA) is 75.2 Å². The number of aromatic nitrogens is 2. The molecule has 2 aliphatic rings. The molecule has 0 bridgehead atoms. The lowest BCUT2D eigenvalue weighted by atomic mass is 9.90. The predicted octanol–water partition coefficient (Wildman–Crippen LogP) is 1.70. The molecule has 98 valence electrons. The van der Waals surface area contributed by atoms with E-state index >= 15 is 0 Å². The highest BCUT2D eigenvalue weighted by molar-refractivity contribution is 5.70. The van der Waals surface area contributed by atoms with Crippen LogP contribution in [0.4, 0.5) is 0 Å². The molecule has 2 heterocycles. The molecular weight excluding hydrogens is 232 g/mol. The predicted molar refractivity (Wildman–Crippen MR) is 64.2 cm³/mol. The molecule has 18 heavy (non-hydrogen) atoms. The Kier molecular flexibility index (Phi) is 2.86. The number of hydrogen-bond acceptors (Lipinski definition) is 3. The number of aromatic amines is 1. The molecule has 0 radical (unpaired) electrons. The quantitative estimate of drug-likeness (QED) is 0.837. The highest BCUT2D eigenvalue weighted by Gasteiger charge is 2.32. The van der Waals surface area contributed by atoms with Gasteiger partial charge in [-0.1, -0.05) is 6.92 Å². The summed E-state index contributed by atoms with van der Waals surface area (Å²) in [5, 5.41) is 9.07. The van der Waals surface area contributed by atoms with Crippen molar-refractivity contribution in [1.29, 1.82) is 0 Å². The summed E-state index contributed by atoms with van der Waals surface area (Å²) in [5.41, 5.74) is 2.02. The van der Waals surface area contributed by atoms with Crippen molar-refractivity contribution in [2.24, 2.45) is 11.8 Å². The maximum atomic E-state index is 11.0. The summed E-state index contributed by atoms with van der Waals surface area (Å²) in [6.07, 6.45) is 3.13. The molecule has 2 N–H and O–H groups in total. The van der Waals surface area contributed by atoms with Gasteiger partial charge in [-0.05, 0) is 25.2 Å². The molecule has 1 aromatic heterocycles. The number of ether oxygens (including phenoxy) is 1. The Morgan fingerprint density at radius 2 is 2.33 bits per heavy atom. The summed E-state index contributed by atoms with van der Waals surface area (Å²) in [4.78, 5) is 18.9. The minimum atomic E-state index is -0.706. The first kappa shape index (κ1) is 11.7. The minimum absolute atomic E-state index is 0.0545. The first-order valence-electron chi connectivity index (χ1n) is 6.57. The number of rotatable bonds is 2. The molecule has 3 atom stereocenters. The van der Waals surface area contributed by atoms with Crippen molar-refractivity contribution < 1.29 is 14.6 Å². The number of carbonyl (C=O) groups is 1. The molecule has 1 aromatic rings. The average Bonchev–Trinajstić information content (AvgIpc) is 2.92. The van der Waals surface area contributed by atoms with Crippen molar-refractivity contribution in [3.8, 4) is 0 Å². The van der Waals surface area contributed by atoms with Crippen molar-refractivity contribution in [2.75, 3.05) is 6.61 Å². The zero-order valence-corrected chi connectivity index (χ0v) is 10.5. The number of carboxylic acid groups (broad SMARTS) is 1. The number of aryl methyl sites for hydroxylation is 1. The average molecular weight is 250 g/mol. The smallest absolute Gasteiger partial charge is 0.306 e. The van der Waals surface area contributed by atoms with Crippen molar-refractivity contribution in [2.45, 2.75) is 38.7 Å². The van der Waals surface area contributed by atoms with Crippen molar-refractivity contribution in [1.82, 2.24) is 9.97 Å². The number of fused-ring (bicyclic) bond motifs is 1. The van der Waals surface area contributed by atoms with Gasteiger partial charge in [0, 0.05) is 18.7 Å². The SMILES string of the molecule is CC1CCOC1c1nc2c([nH]1)CC(C(=O)O)CC2. The Balaban J connectivity index is 1.82. The molecule has 0 spiro atoms. The number of H-pyrrole nitrogens is 1. The standard InChI is InChI=1S/C13H18N2O3/c1-7-4-5-18-11(7)12-14-9-3-2-8(13(16)17)6-10(9)15-12/h7-8,11H,2-6H2,1H3,(H,14,15)(H,16,17). The molecule has 5 heteroatoms. The van der Waals surface area contributed by atoms with E-state index < -0.39 is 5.97 Å². The molecule has 1 aliphatic heterocycles. The monoisotopic (exact) mass is 250 g/mol. The lowest BCUT2D eigenvalue weighted by Gasteiger charge is -2.16. The van der Waals surface area contributed by atoms with E-state index in [0.29, 0.717) is 18.8 Å². The number of aliphatic carboxylic acids is 1. The van der Waals surface area contributed by atoms with Crippen molar-refractivity contribution >= 4 is 5.97 Å². The van der Waals surface area contributed by atoms with Crippen LogP contribution in [0, 0.1) is 11.8 Å². The van der Waals surface area contributed by atoms with Gasteiger partial charge in [0.2, 0.25) is 0 Å². The third-order valence-electron chi connectivity index (χ3n) is 4.07. The van der Waals surface area contributed by atoms with Gasteiger partial charge in [-0.2, -0.15) is 0 Å². The Hall–Kier alpha value is -1.36. The Labute approximate surface area is 106 Å². The van der Waals surface area contributed by atoms with Gasteiger partial charge in [-0.15, -0.1) is 0 Å². The fraction of sp³-hybridized carbons (Fsp3) is 0.692. The number of carboxylic acids is 1. The molecule has 3 unspecified atom stereocenters. The highest BCUT2D eigenvalue weighted by atomic mass is 16.5. The second-order valence-corrected chi connectivity index (χ2v) is 5.38. The fourth-order valence-electron chi connectivity index (χ4n) is 2.89. The number of hydrogen-bond donors (Lipinski definition) is 2. The van der Waals surface area contributed by atoms with Crippen LogP contribution in [0.5, 0.6) is 0 Å². The van der Waals surface area contributed by atoms with Gasteiger partial charge in [-0.3, -0.25) is 4.79 Å². The number of nitrogens with zero attached hydrogens (tertiary/aromatic N) is 1. The molecule has 1 saturated heterocycles. The van der Waals surface area contributed by atoms with Gasteiger partial charge in [0.1, 0.15) is 11.9 Å². The summed E-state index contributed by atoms with van der Waals surface area (Å²) >= 11 is 0. The summed E-state index contributed by atoms with van der Waals surface area (Å²) in [6, 6.07) is 0. The fourth-order valence-corrected chi connectivity index (χ4v) is 2.89. The maximum absolute atomic E-state index is 11.0. The van der Waals surface area contributed by atoms with E-state index in [1.165, 1.54) is 0 Å². The molecule has 5 nitrogen and oxygen atoms in total. The van der Waals surface area contributed by atoms with Crippen LogP contribution in [0.15, 0.2) is 0 Å². The van der Waals surface area contributed by atoms with Crippen molar-refractivity contribution in [3.05, 3.63) is 17.2 Å². The molecular formula is C13H18N2O3. The third-order valence-corrected chi connectivity index (χ3v) is 4.07. The normalized spacial score (nSPS) is 31.3. The van der Waals surface area contributed by atoms with Gasteiger partial charge in [0.25, 0.3) is 0 Å². The molecule has 3 rings (SSSR count). The van der Waals surface area contributed by atoms with Gasteiger partial charge in [0.15, 0.2) is 0 Å². The second kappa shape index (κ2) is 4.39. The molecule has 1 aliphatic carbocycles.